The van der Waals surface area contributed by atoms with Crippen LogP contribution in [0.15, 0.2) is 18.2 Å². The molecule has 1 aliphatic carbocycles. The van der Waals surface area contributed by atoms with Crippen molar-refractivity contribution in [3.05, 3.63) is 28.8 Å². The van der Waals surface area contributed by atoms with Gasteiger partial charge in [-0.2, -0.15) is 0 Å². The van der Waals surface area contributed by atoms with E-state index in [4.69, 9.17) is 21.4 Å². The highest BCUT2D eigenvalue weighted by Gasteiger charge is 2.30. The second-order valence-electron chi connectivity index (χ2n) is 5.27. The molecular weight excluding hydrogens is 294 g/mol. The number of methoxy groups -OCH3 is 1. The fraction of sp³-hybridized carbons (Fsp3) is 0.467. The molecule has 0 spiro atoms. The number of amides is 1. The maximum absolute atomic E-state index is 12.0. The minimum absolute atomic E-state index is 0.0399. The van der Waals surface area contributed by atoms with Crippen molar-refractivity contribution in [1.29, 1.82) is 0 Å². The maximum atomic E-state index is 12.0. The SMILES string of the molecule is COc1ccc(Cl)cc1CC(=O)NC(CC1CC1)C(=O)O. The highest BCUT2D eigenvalue weighted by Crippen LogP contribution is 2.33. The van der Waals surface area contributed by atoms with Crippen molar-refractivity contribution in [3.8, 4) is 5.75 Å². The Balaban J connectivity index is 1.99. The van der Waals surface area contributed by atoms with Gasteiger partial charge < -0.3 is 15.2 Å². The number of carbonyl (C=O) groups is 2. The van der Waals surface area contributed by atoms with Crippen LogP contribution in [0, 0.1) is 5.92 Å². The molecule has 0 saturated heterocycles. The van der Waals surface area contributed by atoms with E-state index in [1.54, 1.807) is 18.2 Å². The Morgan fingerprint density at radius 1 is 1.48 bits per heavy atom. The standard InChI is InChI=1S/C15H18ClNO4/c1-21-13-5-4-11(16)7-10(13)8-14(18)17-12(15(19)20)6-9-2-3-9/h4-5,7,9,12H,2-3,6,8H2,1H3,(H,17,18)(H,19,20). The molecular formula is C15H18ClNO4. The zero-order chi connectivity index (χ0) is 15.4. The number of aliphatic carboxylic acids is 1. The summed E-state index contributed by atoms with van der Waals surface area (Å²) >= 11 is 5.91. The second-order valence-corrected chi connectivity index (χ2v) is 5.71. The van der Waals surface area contributed by atoms with E-state index >= 15 is 0 Å². The lowest BCUT2D eigenvalue weighted by atomic mass is 10.1. The van der Waals surface area contributed by atoms with Gasteiger partial charge in [-0.25, -0.2) is 4.79 Å². The Kier molecular flexibility index (Phi) is 5.07. The van der Waals surface area contributed by atoms with Crippen LogP contribution >= 0.6 is 11.6 Å². The number of carboxylic acid groups (broad SMARTS) is 1. The minimum Gasteiger partial charge on any atom is -0.496 e. The van der Waals surface area contributed by atoms with Gasteiger partial charge in [0, 0.05) is 10.6 Å². The molecule has 0 aromatic heterocycles. The van der Waals surface area contributed by atoms with Crippen molar-refractivity contribution in [2.45, 2.75) is 31.7 Å². The molecule has 2 N–H and O–H groups in total. The van der Waals surface area contributed by atoms with E-state index in [1.807, 2.05) is 0 Å². The number of rotatable bonds is 7. The molecule has 21 heavy (non-hydrogen) atoms. The van der Waals surface area contributed by atoms with Crippen molar-refractivity contribution in [2.24, 2.45) is 5.92 Å². The van der Waals surface area contributed by atoms with Gasteiger partial charge in [-0.3, -0.25) is 4.79 Å². The zero-order valence-electron chi connectivity index (χ0n) is 11.8. The maximum Gasteiger partial charge on any atom is 0.326 e. The molecule has 0 heterocycles. The predicted molar refractivity (Wildman–Crippen MR) is 78.6 cm³/mol. The Hall–Kier alpha value is -1.75. The smallest absolute Gasteiger partial charge is 0.326 e. The van der Waals surface area contributed by atoms with E-state index in [1.165, 1.54) is 7.11 Å². The summed E-state index contributed by atoms with van der Waals surface area (Å²) in [6.07, 6.45) is 2.62. The number of ether oxygens (including phenoxy) is 1. The van der Waals surface area contributed by atoms with Crippen LogP contribution in [0.3, 0.4) is 0 Å². The van der Waals surface area contributed by atoms with Crippen LogP contribution in [0.5, 0.6) is 5.75 Å². The van der Waals surface area contributed by atoms with E-state index in [-0.39, 0.29) is 12.3 Å². The third-order valence-electron chi connectivity index (χ3n) is 3.49. The summed E-state index contributed by atoms with van der Waals surface area (Å²) in [6, 6.07) is 4.19. The van der Waals surface area contributed by atoms with Crippen LogP contribution in [-0.2, 0) is 16.0 Å². The first kappa shape index (κ1) is 15.6. The minimum atomic E-state index is -0.992. The molecule has 2 rings (SSSR count). The number of hydrogen-bond acceptors (Lipinski definition) is 3. The number of hydrogen-bond donors (Lipinski definition) is 2. The lowest BCUT2D eigenvalue weighted by molar-refractivity contribution is -0.142. The quantitative estimate of drug-likeness (QED) is 0.810. The first-order valence-corrected chi connectivity index (χ1v) is 7.22. The molecule has 0 bridgehead atoms. The zero-order valence-corrected chi connectivity index (χ0v) is 12.5. The van der Waals surface area contributed by atoms with Crippen LogP contribution in [0.2, 0.25) is 5.02 Å². The molecule has 1 aromatic rings. The molecule has 0 aliphatic heterocycles. The molecule has 1 atom stereocenters. The van der Waals surface area contributed by atoms with Gasteiger partial charge in [-0.1, -0.05) is 24.4 Å². The first-order chi connectivity index (χ1) is 9.99. The van der Waals surface area contributed by atoms with Crippen LogP contribution in [-0.4, -0.2) is 30.1 Å². The summed E-state index contributed by atoms with van der Waals surface area (Å²) < 4.78 is 5.17. The van der Waals surface area contributed by atoms with Gasteiger partial charge in [0.2, 0.25) is 5.91 Å². The summed E-state index contributed by atoms with van der Waals surface area (Å²) in [7, 11) is 1.51. The second kappa shape index (κ2) is 6.80. The van der Waals surface area contributed by atoms with Gasteiger partial charge in [0.15, 0.2) is 0 Å². The lowest BCUT2D eigenvalue weighted by Crippen LogP contribution is -2.41. The van der Waals surface area contributed by atoms with E-state index < -0.39 is 12.0 Å². The molecule has 0 radical (unpaired) electrons. The van der Waals surface area contributed by atoms with Crippen molar-refractivity contribution < 1.29 is 19.4 Å². The Bertz CT molecular complexity index is 542. The molecule has 1 aliphatic rings. The van der Waals surface area contributed by atoms with Gasteiger partial charge in [0.1, 0.15) is 11.8 Å². The van der Waals surface area contributed by atoms with E-state index in [2.05, 4.69) is 5.32 Å². The lowest BCUT2D eigenvalue weighted by Gasteiger charge is -2.15. The summed E-state index contributed by atoms with van der Waals surface area (Å²) in [4.78, 5) is 23.2. The molecule has 1 unspecified atom stereocenters. The van der Waals surface area contributed by atoms with Gasteiger partial charge >= 0.3 is 5.97 Å². The summed E-state index contributed by atoms with van der Waals surface area (Å²) in [5.74, 6) is -0.354. The third-order valence-corrected chi connectivity index (χ3v) is 3.73. The third kappa shape index (κ3) is 4.63. The first-order valence-electron chi connectivity index (χ1n) is 6.84. The van der Waals surface area contributed by atoms with Gasteiger partial charge in [-0.05, 0) is 30.5 Å². The fourth-order valence-electron chi connectivity index (χ4n) is 2.21. The summed E-state index contributed by atoms with van der Waals surface area (Å²) in [5, 5.41) is 12.2. The molecule has 5 nitrogen and oxygen atoms in total. The highest BCUT2D eigenvalue weighted by atomic mass is 35.5. The largest absolute Gasteiger partial charge is 0.496 e. The normalized spacial score (nSPS) is 15.3. The molecule has 1 fully saturated rings. The highest BCUT2D eigenvalue weighted by molar-refractivity contribution is 6.30. The van der Waals surface area contributed by atoms with E-state index in [0.29, 0.717) is 28.7 Å². The molecule has 114 valence electrons. The van der Waals surface area contributed by atoms with Crippen LogP contribution in [0.4, 0.5) is 0 Å². The van der Waals surface area contributed by atoms with Crippen molar-refractivity contribution in [2.75, 3.05) is 7.11 Å². The molecule has 1 amide bonds. The average Bonchev–Trinajstić information content (AvgIpc) is 3.22. The Morgan fingerprint density at radius 2 is 2.19 bits per heavy atom. The van der Waals surface area contributed by atoms with E-state index in [0.717, 1.165) is 12.8 Å². The number of halogens is 1. The molecule has 1 saturated carbocycles. The Morgan fingerprint density at radius 3 is 2.76 bits per heavy atom. The molecule has 6 heteroatoms. The van der Waals surface area contributed by atoms with E-state index in [9.17, 15) is 9.59 Å². The van der Waals surface area contributed by atoms with Crippen LogP contribution in [0.25, 0.3) is 0 Å². The van der Waals surface area contributed by atoms with Crippen molar-refractivity contribution >= 4 is 23.5 Å². The summed E-state index contributed by atoms with van der Waals surface area (Å²) in [5.41, 5.74) is 0.637. The topological polar surface area (TPSA) is 75.6 Å². The molecule has 1 aromatic carbocycles. The van der Waals surface area contributed by atoms with Crippen LogP contribution in [0.1, 0.15) is 24.8 Å². The van der Waals surface area contributed by atoms with Crippen molar-refractivity contribution in [3.63, 3.8) is 0 Å². The van der Waals surface area contributed by atoms with Crippen molar-refractivity contribution in [1.82, 2.24) is 5.32 Å². The monoisotopic (exact) mass is 311 g/mol. The van der Waals surface area contributed by atoms with Gasteiger partial charge in [0.25, 0.3) is 0 Å². The number of carbonyl (C=O) groups excluding carboxylic acids is 1. The van der Waals surface area contributed by atoms with Gasteiger partial charge in [-0.15, -0.1) is 0 Å². The number of nitrogens with one attached hydrogen (secondary N) is 1. The average molecular weight is 312 g/mol. The Labute approximate surface area is 128 Å². The fourth-order valence-corrected chi connectivity index (χ4v) is 2.41. The number of benzene rings is 1. The summed E-state index contributed by atoms with van der Waals surface area (Å²) in [6.45, 7) is 0. The van der Waals surface area contributed by atoms with Gasteiger partial charge in [0.05, 0.1) is 13.5 Å². The number of carboxylic acids is 1. The predicted octanol–water partition coefficient (Wildman–Crippen LogP) is 2.26. The van der Waals surface area contributed by atoms with Crippen LogP contribution < -0.4 is 10.1 Å².